The molecular weight excluding hydrogens is 281 g/mol. The number of aliphatic carboxylic acids is 1. The van der Waals surface area contributed by atoms with E-state index < -0.39 is 35.9 Å². The Labute approximate surface area is 120 Å². The summed E-state index contributed by atoms with van der Waals surface area (Å²) in [6.45, 7) is 1.45. The molecule has 2 rings (SSSR count). The van der Waals surface area contributed by atoms with E-state index in [1.165, 1.54) is 31.2 Å². The number of amides is 1. The monoisotopic (exact) mass is 297 g/mol. The number of aliphatic hydroxyl groups excluding tert-OH is 1. The van der Waals surface area contributed by atoms with Crippen LogP contribution in [-0.2, 0) is 9.59 Å². The Balaban J connectivity index is 2.04. The fourth-order valence-corrected chi connectivity index (χ4v) is 2.29. The number of aliphatic hydroxyl groups is 1. The molecule has 1 heterocycles. The predicted octanol–water partition coefficient (Wildman–Crippen LogP) is 0.639. The molecule has 1 aromatic carbocycles. The molecule has 6 nitrogen and oxygen atoms in total. The molecule has 2 N–H and O–H groups in total. The molecule has 21 heavy (non-hydrogen) atoms. The van der Waals surface area contributed by atoms with Gasteiger partial charge in [-0.1, -0.05) is 0 Å². The van der Waals surface area contributed by atoms with Gasteiger partial charge in [-0.3, -0.25) is 4.79 Å². The normalized spacial score (nSPS) is 22.9. The van der Waals surface area contributed by atoms with Crippen LogP contribution in [0.3, 0.4) is 0 Å². The number of likely N-dealkylation sites (tertiary alicyclic amines) is 1. The average Bonchev–Trinajstić information content (AvgIpc) is 2.82. The van der Waals surface area contributed by atoms with Crippen LogP contribution in [0.1, 0.15) is 13.3 Å². The molecule has 0 saturated carbocycles. The smallest absolute Gasteiger partial charge is 0.326 e. The van der Waals surface area contributed by atoms with Crippen molar-refractivity contribution in [2.75, 3.05) is 6.54 Å². The van der Waals surface area contributed by atoms with Crippen molar-refractivity contribution in [3.63, 3.8) is 0 Å². The van der Waals surface area contributed by atoms with Crippen molar-refractivity contribution in [3.8, 4) is 5.75 Å². The Kier molecular flexibility index (Phi) is 4.42. The Morgan fingerprint density at radius 2 is 2.00 bits per heavy atom. The van der Waals surface area contributed by atoms with Crippen LogP contribution in [0, 0.1) is 5.82 Å². The minimum Gasteiger partial charge on any atom is -0.481 e. The second-order valence-electron chi connectivity index (χ2n) is 4.95. The number of hydrogen-bond donors (Lipinski definition) is 2. The Morgan fingerprint density at radius 3 is 2.57 bits per heavy atom. The van der Waals surface area contributed by atoms with Crippen LogP contribution in [0.2, 0.25) is 0 Å². The quantitative estimate of drug-likeness (QED) is 0.851. The molecule has 114 valence electrons. The Bertz CT molecular complexity index is 533. The molecule has 0 aliphatic carbocycles. The number of carboxylic acid groups (broad SMARTS) is 1. The molecule has 7 heteroatoms. The summed E-state index contributed by atoms with van der Waals surface area (Å²) in [6, 6.07) is 4.12. The topological polar surface area (TPSA) is 87.1 Å². The van der Waals surface area contributed by atoms with Crippen LogP contribution in [0.15, 0.2) is 24.3 Å². The third kappa shape index (κ3) is 3.49. The lowest BCUT2D eigenvalue weighted by atomic mass is 10.2. The van der Waals surface area contributed by atoms with E-state index in [-0.39, 0.29) is 13.0 Å². The molecule has 1 unspecified atom stereocenters. The lowest BCUT2D eigenvalue weighted by Crippen LogP contribution is -2.46. The van der Waals surface area contributed by atoms with Gasteiger partial charge >= 0.3 is 5.97 Å². The molecule has 0 bridgehead atoms. The van der Waals surface area contributed by atoms with Gasteiger partial charge < -0.3 is 19.8 Å². The van der Waals surface area contributed by atoms with E-state index in [1.54, 1.807) is 0 Å². The van der Waals surface area contributed by atoms with Crippen LogP contribution in [0.4, 0.5) is 4.39 Å². The second kappa shape index (κ2) is 6.09. The van der Waals surface area contributed by atoms with Crippen LogP contribution in [0.5, 0.6) is 5.75 Å². The zero-order valence-corrected chi connectivity index (χ0v) is 11.4. The van der Waals surface area contributed by atoms with Crippen molar-refractivity contribution < 1.29 is 28.9 Å². The number of carbonyl (C=O) groups excluding carboxylic acids is 1. The van der Waals surface area contributed by atoms with E-state index in [4.69, 9.17) is 9.84 Å². The number of halogens is 1. The average molecular weight is 297 g/mol. The maximum Gasteiger partial charge on any atom is 0.326 e. The van der Waals surface area contributed by atoms with Crippen molar-refractivity contribution in [3.05, 3.63) is 30.1 Å². The Morgan fingerprint density at radius 1 is 1.38 bits per heavy atom. The van der Waals surface area contributed by atoms with Gasteiger partial charge in [-0.15, -0.1) is 0 Å². The van der Waals surface area contributed by atoms with E-state index in [1.807, 2.05) is 0 Å². The van der Waals surface area contributed by atoms with Crippen molar-refractivity contribution >= 4 is 11.9 Å². The maximum absolute atomic E-state index is 12.8. The Hall–Kier alpha value is -2.15. The highest BCUT2D eigenvalue weighted by atomic mass is 19.1. The summed E-state index contributed by atoms with van der Waals surface area (Å²) in [7, 11) is 0. The third-order valence-corrected chi connectivity index (χ3v) is 3.32. The number of carbonyl (C=O) groups is 2. The van der Waals surface area contributed by atoms with Crippen LogP contribution < -0.4 is 4.74 Å². The second-order valence-corrected chi connectivity index (χ2v) is 4.95. The molecule has 1 amide bonds. The molecule has 1 aliphatic heterocycles. The maximum atomic E-state index is 12.8. The van der Waals surface area contributed by atoms with Crippen molar-refractivity contribution in [2.45, 2.75) is 31.6 Å². The van der Waals surface area contributed by atoms with Crippen molar-refractivity contribution in [1.29, 1.82) is 0 Å². The number of benzene rings is 1. The van der Waals surface area contributed by atoms with Gasteiger partial charge in [0.2, 0.25) is 0 Å². The summed E-state index contributed by atoms with van der Waals surface area (Å²) in [5, 5.41) is 18.6. The summed E-state index contributed by atoms with van der Waals surface area (Å²) in [5.41, 5.74) is 0. The molecule has 1 aliphatic rings. The first kappa shape index (κ1) is 15.2. The summed E-state index contributed by atoms with van der Waals surface area (Å²) in [5.74, 6) is -1.80. The summed E-state index contributed by atoms with van der Waals surface area (Å²) in [6.07, 6.45) is -1.78. The van der Waals surface area contributed by atoms with Crippen LogP contribution >= 0.6 is 0 Å². The van der Waals surface area contributed by atoms with E-state index >= 15 is 0 Å². The lowest BCUT2D eigenvalue weighted by Gasteiger charge is -2.25. The molecule has 1 aromatic rings. The number of β-amino-alcohol motifs (C(OH)–C–C–N with tert-alkyl or cyclic N) is 1. The molecule has 0 aromatic heterocycles. The standard InChI is InChI=1S/C14H16FNO5/c1-8(21-11-4-2-9(15)3-5-11)13(18)16-7-10(17)6-12(16)14(19)20/h2-5,8,10,12,17H,6-7H2,1H3,(H,19,20)/t8?,10-,12+/m1/s1. The minimum atomic E-state index is -1.16. The van der Waals surface area contributed by atoms with E-state index in [0.29, 0.717) is 5.75 Å². The van der Waals surface area contributed by atoms with E-state index in [9.17, 15) is 19.1 Å². The molecule has 1 saturated heterocycles. The first-order valence-corrected chi connectivity index (χ1v) is 6.52. The molecular formula is C14H16FNO5. The van der Waals surface area contributed by atoms with Gasteiger partial charge in [-0.25, -0.2) is 9.18 Å². The highest BCUT2D eigenvalue weighted by Gasteiger charge is 2.40. The van der Waals surface area contributed by atoms with Crippen molar-refractivity contribution in [2.24, 2.45) is 0 Å². The van der Waals surface area contributed by atoms with E-state index in [2.05, 4.69) is 0 Å². The molecule has 0 radical (unpaired) electrons. The van der Waals surface area contributed by atoms with Gasteiger partial charge in [-0.05, 0) is 31.2 Å². The number of nitrogens with zero attached hydrogens (tertiary/aromatic N) is 1. The fourth-order valence-electron chi connectivity index (χ4n) is 2.29. The van der Waals surface area contributed by atoms with Gasteiger partial charge in [0.05, 0.1) is 6.10 Å². The first-order chi connectivity index (χ1) is 9.88. The molecule has 3 atom stereocenters. The highest BCUT2D eigenvalue weighted by Crippen LogP contribution is 2.21. The van der Waals surface area contributed by atoms with E-state index in [0.717, 1.165) is 4.90 Å². The summed E-state index contributed by atoms with van der Waals surface area (Å²) >= 11 is 0. The SMILES string of the molecule is CC(Oc1ccc(F)cc1)C(=O)N1C[C@H](O)C[C@H]1C(=O)O. The summed E-state index contributed by atoms with van der Waals surface area (Å²) in [4.78, 5) is 24.4. The molecule has 1 fully saturated rings. The van der Waals surface area contributed by atoms with Gasteiger partial charge in [0.1, 0.15) is 17.6 Å². The third-order valence-electron chi connectivity index (χ3n) is 3.32. The van der Waals surface area contributed by atoms with Gasteiger partial charge in [0.15, 0.2) is 6.10 Å². The number of rotatable bonds is 4. The van der Waals surface area contributed by atoms with Crippen molar-refractivity contribution in [1.82, 2.24) is 4.90 Å². The van der Waals surface area contributed by atoms with Gasteiger partial charge in [0.25, 0.3) is 5.91 Å². The lowest BCUT2D eigenvalue weighted by molar-refractivity contribution is -0.150. The fraction of sp³-hybridized carbons (Fsp3) is 0.429. The summed E-state index contributed by atoms with van der Waals surface area (Å²) < 4.78 is 18.2. The number of ether oxygens (including phenoxy) is 1. The minimum absolute atomic E-state index is 0.00431. The largest absolute Gasteiger partial charge is 0.481 e. The number of carboxylic acids is 1. The van der Waals surface area contributed by atoms with Crippen LogP contribution in [0.25, 0.3) is 0 Å². The zero-order chi connectivity index (χ0) is 15.6. The zero-order valence-electron chi connectivity index (χ0n) is 11.4. The number of hydrogen-bond acceptors (Lipinski definition) is 4. The van der Waals surface area contributed by atoms with Crippen LogP contribution in [-0.4, -0.2) is 51.8 Å². The van der Waals surface area contributed by atoms with Gasteiger partial charge in [0, 0.05) is 13.0 Å². The first-order valence-electron chi connectivity index (χ1n) is 6.52. The predicted molar refractivity (Wildman–Crippen MR) is 70.3 cm³/mol. The van der Waals surface area contributed by atoms with Gasteiger partial charge in [-0.2, -0.15) is 0 Å². The molecule has 0 spiro atoms. The highest BCUT2D eigenvalue weighted by molar-refractivity contribution is 5.87.